The predicted octanol–water partition coefficient (Wildman–Crippen LogP) is 4.15. The molecule has 25 heavy (non-hydrogen) atoms. The van der Waals surface area contributed by atoms with Crippen LogP contribution in [0.4, 0.5) is 0 Å². The van der Waals surface area contributed by atoms with Crippen molar-refractivity contribution in [2.75, 3.05) is 6.61 Å². The third kappa shape index (κ3) is 2.15. The van der Waals surface area contributed by atoms with E-state index in [1.807, 2.05) is 25.1 Å². The molecule has 2 aromatic carbocycles. The fourth-order valence-electron chi connectivity index (χ4n) is 4.15. The van der Waals surface area contributed by atoms with Crippen LogP contribution in [0.15, 0.2) is 53.4 Å². The van der Waals surface area contributed by atoms with E-state index in [2.05, 4.69) is 34.9 Å². The Labute approximate surface area is 150 Å². The topological polar surface area (TPSA) is 44.1 Å². The van der Waals surface area contributed by atoms with Crippen LogP contribution in [-0.2, 0) is 9.53 Å². The maximum Gasteiger partial charge on any atom is 0.320 e. The number of hydrogen-bond acceptors (Lipinski definition) is 4. The Morgan fingerprint density at radius 1 is 1.24 bits per heavy atom. The monoisotopic (exact) mass is 350 g/mol. The molecule has 0 radical (unpaired) electrons. The van der Waals surface area contributed by atoms with Crippen molar-refractivity contribution in [3.05, 3.63) is 59.9 Å². The van der Waals surface area contributed by atoms with Crippen LogP contribution in [0.3, 0.4) is 0 Å². The van der Waals surface area contributed by atoms with Gasteiger partial charge < -0.3 is 9.30 Å². The number of para-hydroxylation sites is 2. The molecule has 0 saturated carbocycles. The Bertz CT molecular complexity index is 981. The highest BCUT2D eigenvalue weighted by molar-refractivity contribution is 8.00. The summed E-state index contributed by atoms with van der Waals surface area (Å²) in [4.78, 5) is 18.8. The minimum atomic E-state index is -0.246. The van der Waals surface area contributed by atoms with Crippen molar-refractivity contribution in [2.45, 2.75) is 35.4 Å². The molecule has 2 bridgehead atoms. The maximum absolute atomic E-state index is 12.7. The summed E-state index contributed by atoms with van der Waals surface area (Å²) >= 11 is 1.63. The number of benzene rings is 2. The van der Waals surface area contributed by atoms with Crippen LogP contribution in [0.1, 0.15) is 36.7 Å². The van der Waals surface area contributed by atoms with Crippen LogP contribution in [0.2, 0.25) is 0 Å². The van der Waals surface area contributed by atoms with Crippen molar-refractivity contribution in [1.82, 2.24) is 9.55 Å². The lowest BCUT2D eigenvalue weighted by atomic mass is 9.96. The molecular weight excluding hydrogens is 332 g/mol. The van der Waals surface area contributed by atoms with Gasteiger partial charge in [0, 0.05) is 10.8 Å². The van der Waals surface area contributed by atoms with Gasteiger partial charge >= 0.3 is 5.97 Å². The molecule has 3 heterocycles. The number of carbonyl (C=O) groups excluding carboxylic acids is 1. The second kappa shape index (κ2) is 5.63. The van der Waals surface area contributed by atoms with Gasteiger partial charge in [0.05, 0.1) is 23.7 Å². The van der Waals surface area contributed by atoms with E-state index in [9.17, 15) is 4.79 Å². The number of ether oxygens (including phenoxy) is 1. The van der Waals surface area contributed by atoms with Gasteiger partial charge in [-0.25, -0.2) is 4.98 Å². The molecule has 5 rings (SSSR count). The predicted molar refractivity (Wildman–Crippen MR) is 98.0 cm³/mol. The molecule has 1 aromatic heterocycles. The fraction of sp³-hybridized carbons (Fsp3) is 0.300. The standard InChI is InChI=1S/C20H18N2O2S/c1-2-24-20(23)18-13-11-16(12-7-3-6-10-17(12)25-18)22-15-9-5-4-8-14(15)21-19(13)22/h3-10,13,16,18H,2,11H2,1H3. The highest BCUT2D eigenvalue weighted by Gasteiger charge is 2.46. The molecule has 2 aliphatic heterocycles. The third-order valence-electron chi connectivity index (χ3n) is 5.16. The molecule has 3 aromatic rings. The summed E-state index contributed by atoms with van der Waals surface area (Å²) in [6, 6.07) is 16.9. The van der Waals surface area contributed by atoms with Crippen LogP contribution in [0.5, 0.6) is 0 Å². The van der Waals surface area contributed by atoms with E-state index in [0.717, 1.165) is 23.3 Å². The average molecular weight is 350 g/mol. The molecular formula is C20H18N2O2S. The van der Waals surface area contributed by atoms with Crippen molar-refractivity contribution < 1.29 is 9.53 Å². The minimum absolute atomic E-state index is 0.0776. The second-order valence-corrected chi connectivity index (χ2v) is 7.70. The first kappa shape index (κ1) is 15.0. The SMILES string of the molecule is CCOC(=O)C1Sc2ccccc2C2CC1c1nc3ccccc3n12. The molecule has 3 unspecified atom stereocenters. The van der Waals surface area contributed by atoms with E-state index in [0.29, 0.717) is 6.61 Å². The van der Waals surface area contributed by atoms with Crippen molar-refractivity contribution >= 4 is 28.8 Å². The molecule has 126 valence electrons. The third-order valence-corrected chi connectivity index (χ3v) is 6.56. The maximum atomic E-state index is 12.7. The summed E-state index contributed by atoms with van der Waals surface area (Å²) in [7, 11) is 0. The van der Waals surface area contributed by atoms with Gasteiger partial charge in [-0.2, -0.15) is 0 Å². The largest absolute Gasteiger partial charge is 0.465 e. The zero-order chi connectivity index (χ0) is 17.0. The van der Waals surface area contributed by atoms with Gasteiger partial charge in [-0.3, -0.25) is 4.79 Å². The molecule has 0 aliphatic carbocycles. The van der Waals surface area contributed by atoms with E-state index in [1.54, 1.807) is 11.8 Å². The fourth-order valence-corrected chi connectivity index (χ4v) is 5.48. The first-order valence-electron chi connectivity index (χ1n) is 8.67. The van der Waals surface area contributed by atoms with E-state index < -0.39 is 0 Å². The Hall–Kier alpha value is -2.27. The summed E-state index contributed by atoms with van der Waals surface area (Å²) in [5.74, 6) is 0.966. The van der Waals surface area contributed by atoms with Gasteiger partial charge in [0.25, 0.3) is 0 Å². The molecule has 0 amide bonds. The van der Waals surface area contributed by atoms with Crippen molar-refractivity contribution in [2.24, 2.45) is 0 Å². The van der Waals surface area contributed by atoms with E-state index in [4.69, 9.17) is 9.72 Å². The molecule has 0 spiro atoms. The van der Waals surface area contributed by atoms with Gasteiger partial charge in [-0.1, -0.05) is 30.3 Å². The van der Waals surface area contributed by atoms with Crippen LogP contribution >= 0.6 is 11.8 Å². The van der Waals surface area contributed by atoms with Crippen LogP contribution in [0.25, 0.3) is 11.0 Å². The number of aromatic nitrogens is 2. The first-order valence-corrected chi connectivity index (χ1v) is 9.55. The first-order chi connectivity index (χ1) is 12.3. The number of nitrogens with zero attached hydrogens (tertiary/aromatic N) is 2. The summed E-state index contributed by atoms with van der Waals surface area (Å²) in [5.41, 5.74) is 3.43. The highest BCUT2D eigenvalue weighted by Crippen LogP contribution is 2.53. The molecule has 2 aliphatic rings. The van der Waals surface area contributed by atoms with Crippen molar-refractivity contribution in [3.8, 4) is 0 Å². The van der Waals surface area contributed by atoms with Gasteiger partial charge in [-0.05, 0) is 37.1 Å². The molecule has 3 atom stereocenters. The van der Waals surface area contributed by atoms with Crippen LogP contribution in [0, 0.1) is 0 Å². The lowest BCUT2D eigenvalue weighted by Gasteiger charge is -2.21. The summed E-state index contributed by atoms with van der Waals surface area (Å²) in [6.07, 6.45) is 0.903. The number of hydrogen-bond donors (Lipinski definition) is 0. The quantitative estimate of drug-likeness (QED) is 0.651. The Balaban J connectivity index is 1.75. The summed E-state index contributed by atoms with van der Waals surface area (Å²) in [6.45, 7) is 2.27. The average Bonchev–Trinajstić information content (AvgIpc) is 3.11. The normalized spacial score (nSPS) is 23.8. The molecule has 0 saturated heterocycles. The summed E-state index contributed by atoms with van der Waals surface area (Å²) in [5, 5.41) is -0.246. The second-order valence-electron chi connectivity index (χ2n) is 6.52. The van der Waals surface area contributed by atoms with Gasteiger partial charge in [0.2, 0.25) is 0 Å². The molecule has 4 nitrogen and oxygen atoms in total. The molecule has 5 heteroatoms. The smallest absolute Gasteiger partial charge is 0.320 e. The Kier molecular flexibility index (Phi) is 3.38. The van der Waals surface area contributed by atoms with Crippen molar-refractivity contribution in [3.63, 3.8) is 0 Å². The van der Waals surface area contributed by atoms with E-state index in [1.165, 1.54) is 10.5 Å². The van der Waals surface area contributed by atoms with Gasteiger partial charge in [-0.15, -0.1) is 11.8 Å². The number of fused-ring (bicyclic) bond motifs is 9. The van der Waals surface area contributed by atoms with E-state index >= 15 is 0 Å². The summed E-state index contributed by atoms with van der Waals surface area (Å²) < 4.78 is 7.73. The number of carbonyl (C=O) groups is 1. The number of esters is 1. The Morgan fingerprint density at radius 3 is 2.92 bits per heavy atom. The van der Waals surface area contributed by atoms with E-state index in [-0.39, 0.29) is 23.2 Å². The van der Waals surface area contributed by atoms with Crippen LogP contribution in [-0.4, -0.2) is 27.4 Å². The zero-order valence-corrected chi connectivity index (χ0v) is 14.7. The number of thioether (sulfide) groups is 1. The van der Waals surface area contributed by atoms with Gasteiger partial charge in [0.15, 0.2) is 0 Å². The number of imidazole rings is 1. The Morgan fingerprint density at radius 2 is 2.04 bits per heavy atom. The lowest BCUT2D eigenvalue weighted by molar-refractivity contribution is -0.142. The minimum Gasteiger partial charge on any atom is -0.465 e. The zero-order valence-electron chi connectivity index (χ0n) is 13.9. The van der Waals surface area contributed by atoms with Gasteiger partial charge in [0.1, 0.15) is 11.1 Å². The molecule has 0 N–H and O–H groups in total. The number of rotatable bonds is 2. The molecule has 0 fully saturated rings. The van der Waals surface area contributed by atoms with Crippen LogP contribution < -0.4 is 0 Å². The van der Waals surface area contributed by atoms with Crippen molar-refractivity contribution in [1.29, 1.82) is 0 Å². The lowest BCUT2D eigenvalue weighted by Crippen LogP contribution is -2.26. The highest BCUT2D eigenvalue weighted by atomic mass is 32.2.